The maximum Gasteiger partial charge on any atom is 0.260 e. The highest BCUT2D eigenvalue weighted by Gasteiger charge is 2.12. The topological polar surface area (TPSA) is 88.5 Å². The van der Waals surface area contributed by atoms with Gasteiger partial charge in [0.2, 0.25) is 0 Å². The highest BCUT2D eigenvalue weighted by atomic mass is 16.1. The van der Waals surface area contributed by atoms with Gasteiger partial charge in [0.15, 0.2) is 5.65 Å². The summed E-state index contributed by atoms with van der Waals surface area (Å²) in [5.74, 6) is 0.296. The normalized spacial score (nSPS) is 10.7. The monoisotopic (exact) mass is 242 g/mol. The number of hydrogen-bond donors (Lipinski definition) is 2. The third kappa shape index (κ3) is 1.71. The molecule has 0 saturated heterocycles. The molecular weight excluding hydrogens is 232 g/mol. The third-order valence-electron chi connectivity index (χ3n) is 2.54. The number of hydrogen-bond acceptors (Lipinski definition) is 4. The smallest absolute Gasteiger partial charge is 0.260 e. The first-order valence-electron chi connectivity index (χ1n) is 5.33. The predicted molar refractivity (Wildman–Crippen MR) is 65.0 cm³/mol. The van der Waals surface area contributed by atoms with Crippen LogP contribution in [-0.2, 0) is 7.05 Å². The fraction of sp³-hybridized carbons (Fsp3) is 0.0909. The van der Waals surface area contributed by atoms with Gasteiger partial charge in [-0.1, -0.05) is 0 Å². The maximum atomic E-state index is 11.9. The van der Waals surface area contributed by atoms with Gasteiger partial charge in [-0.25, -0.2) is 4.98 Å². The largest absolute Gasteiger partial charge is 0.306 e. The molecule has 0 aliphatic rings. The number of aromatic amines is 1. The molecule has 0 saturated carbocycles. The molecule has 3 heterocycles. The van der Waals surface area contributed by atoms with Crippen LogP contribution in [0.1, 0.15) is 10.4 Å². The Morgan fingerprint density at radius 3 is 3.17 bits per heavy atom. The first-order valence-corrected chi connectivity index (χ1v) is 5.33. The highest BCUT2D eigenvalue weighted by Crippen LogP contribution is 2.18. The minimum atomic E-state index is -0.238. The van der Waals surface area contributed by atoms with Gasteiger partial charge in [0.25, 0.3) is 5.91 Å². The minimum absolute atomic E-state index is 0.238. The van der Waals surface area contributed by atoms with Crippen LogP contribution in [0, 0.1) is 0 Å². The second-order valence-electron chi connectivity index (χ2n) is 3.83. The molecule has 3 aromatic heterocycles. The van der Waals surface area contributed by atoms with Gasteiger partial charge in [-0.05, 0) is 12.1 Å². The number of anilines is 1. The Kier molecular flexibility index (Phi) is 2.30. The first kappa shape index (κ1) is 10.5. The van der Waals surface area contributed by atoms with E-state index in [2.05, 4.69) is 25.6 Å². The van der Waals surface area contributed by atoms with Crippen molar-refractivity contribution >= 4 is 22.8 Å². The van der Waals surface area contributed by atoms with Gasteiger partial charge in [-0.15, -0.1) is 0 Å². The number of amides is 1. The second kappa shape index (κ2) is 3.95. The number of pyridine rings is 1. The molecule has 7 heteroatoms. The van der Waals surface area contributed by atoms with E-state index in [4.69, 9.17) is 0 Å². The standard InChI is InChI=1S/C11H10N6O/c1-17-6-7(5-13-17)11(18)14-10-8-3-2-4-12-9(8)15-16-10/h2-6H,1H3,(H2,12,14,15,16,18). The Balaban J connectivity index is 1.90. The molecule has 0 fully saturated rings. The number of aryl methyl sites for hydroxylation is 1. The number of rotatable bonds is 2. The van der Waals surface area contributed by atoms with Crippen molar-refractivity contribution in [2.75, 3.05) is 5.32 Å². The summed E-state index contributed by atoms with van der Waals surface area (Å²) in [7, 11) is 1.76. The van der Waals surface area contributed by atoms with Gasteiger partial charge in [-0.3, -0.25) is 14.6 Å². The Morgan fingerprint density at radius 1 is 1.50 bits per heavy atom. The van der Waals surface area contributed by atoms with E-state index in [1.165, 1.54) is 6.20 Å². The summed E-state index contributed by atoms with van der Waals surface area (Å²) < 4.78 is 1.57. The first-order chi connectivity index (χ1) is 8.74. The fourth-order valence-electron chi connectivity index (χ4n) is 1.67. The predicted octanol–water partition coefficient (Wildman–Crippen LogP) is 0.944. The molecule has 0 aliphatic carbocycles. The second-order valence-corrected chi connectivity index (χ2v) is 3.83. The summed E-state index contributed by atoms with van der Waals surface area (Å²) in [4.78, 5) is 16.0. The van der Waals surface area contributed by atoms with E-state index < -0.39 is 0 Å². The fourth-order valence-corrected chi connectivity index (χ4v) is 1.67. The van der Waals surface area contributed by atoms with E-state index in [1.54, 1.807) is 30.2 Å². The van der Waals surface area contributed by atoms with Crippen molar-refractivity contribution in [2.45, 2.75) is 0 Å². The van der Waals surface area contributed by atoms with Gasteiger partial charge >= 0.3 is 0 Å². The van der Waals surface area contributed by atoms with Crippen LogP contribution in [0.5, 0.6) is 0 Å². The minimum Gasteiger partial charge on any atom is -0.306 e. The molecule has 0 aromatic carbocycles. The van der Waals surface area contributed by atoms with Crippen LogP contribution in [0.2, 0.25) is 0 Å². The van der Waals surface area contributed by atoms with E-state index in [0.29, 0.717) is 17.0 Å². The zero-order chi connectivity index (χ0) is 12.5. The molecule has 7 nitrogen and oxygen atoms in total. The van der Waals surface area contributed by atoms with Crippen molar-refractivity contribution in [1.82, 2.24) is 25.0 Å². The lowest BCUT2D eigenvalue weighted by molar-refractivity contribution is 0.102. The van der Waals surface area contributed by atoms with Crippen LogP contribution in [0.25, 0.3) is 11.0 Å². The zero-order valence-electron chi connectivity index (χ0n) is 9.58. The number of aromatic nitrogens is 5. The van der Waals surface area contributed by atoms with Crippen molar-refractivity contribution < 1.29 is 4.79 Å². The van der Waals surface area contributed by atoms with Crippen LogP contribution < -0.4 is 5.32 Å². The van der Waals surface area contributed by atoms with Crippen molar-refractivity contribution in [3.63, 3.8) is 0 Å². The van der Waals surface area contributed by atoms with Crippen LogP contribution >= 0.6 is 0 Å². The van der Waals surface area contributed by atoms with Crippen molar-refractivity contribution in [1.29, 1.82) is 0 Å². The third-order valence-corrected chi connectivity index (χ3v) is 2.54. The zero-order valence-corrected chi connectivity index (χ0v) is 9.58. The van der Waals surface area contributed by atoms with E-state index in [9.17, 15) is 4.79 Å². The van der Waals surface area contributed by atoms with Crippen molar-refractivity contribution in [3.05, 3.63) is 36.3 Å². The molecule has 3 rings (SSSR count). The van der Waals surface area contributed by atoms with E-state index in [0.717, 1.165) is 5.39 Å². The molecule has 1 amide bonds. The summed E-state index contributed by atoms with van der Waals surface area (Å²) in [5, 5.41) is 14.2. The molecule has 2 N–H and O–H groups in total. The summed E-state index contributed by atoms with van der Waals surface area (Å²) in [6, 6.07) is 3.63. The lowest BCUT2D eigenvalue weighted by Crippen LogP contribution is -2.11. The maximum absolute atomic E-state index is 11.9. The van der Waals surface area contributed by atoms with Crippen molar-refractivity contribution in [2.24, 2.45) is 7.05 Å². The lowest BCUT2D eigenvalue weighted by atomic mass is 10.3. The van der Waals surface area contributed by atoms with Crippen LogP contribution in [0.3, 0.4) is 0 Å². The van der Waals surface area contributed by atoms with Gasteiger partial charge < -0.3 is 5.32 Å². The Morgan fingerprint density at radius 2 is 2.39 bits per heavy atom. The molecule has 3 aromatic rings. The van der Waals surface area contributed by atoms with E-state index >= 15 is 0 Å². The molecule has 0 radical (unpaired) electrons. The number of nitrogens with one attached hydrogen (secondary N) is 2. The molecule has 0 aliphatic heterocycles. The average Bonchev–Trinajstić information content (AvgIpc) is 2.97. The Bertz CT molecular complexity index is 713. The van der Waals surface area contributed by atoms with E-state index in [-0.39, 0.29) is 5.91 Å². The summed E-state index contributed by atoms with van der Waals surface area (Å²) in [6.07, 6.45) is 4.80. The number of nitrogens with zero attached hydrogens (tertiary/aromatic N) is 4. The van der Waals surface area contributed by atoms with Crippen LogP contribution in [0.15, 0.2) is 30.7 Å². The summed E-state index contributed by atoms with van der Waals surface area (Å²) >= 11 is 0. The number of carbonyl (C=O) groups excluding carboxylic acids is 1. The molecule has 0 unspecified atom stereocenters. The van der Waals surface area contributed by atoms with Gasteiger partial charge in [0.05, 0.1) is 17.1 Å². The molecule has 0 atom stereocenters. The van der Waals surface area contributed by atoms with Crippen LogP contribution in [0.4, 0.5) is 5.82 Å². The van der Waals surface area contributed by atoms with Crippen LogP contribution in [-0.4, -0.2) is 30.9 Å². The van der Waals surface area contributed by atoms with Gasteiger partial charge in [0.1, 0.15) is 5.82 Å². The van der Waals surface area contributed by atoms with Crippen molar-refractivity contribution in [3.8, 4) is 0 Å². The lowest BCUT2D eigenvalue weighted by Gasteiger charge is -1.99. The molecule has 18 heavy (non-hydrogen) atoms. The molecule has 90 valence electrons. The SMILES string of the molecule is Cn1cc(C(=O)Nc2[nH]nc3ncccc23)cn1. The summed E-state index contributed by atoms with van der Waals surface area (Å²) in [6.45, 7) is 0. The summed E-state index contributed by atoms with van der Waals surface area (Å²) in [5.41, 5.74) is 1.06. The van der Waals surface area contributed by atoms with Gasteiger partial charge in [0, 0.05) is 19.4 Å². The molecule has 0 spiro atoms. The van der Waals surface area contributed by atoms with Gasteiger partial charge in [-0.2, -0.15) is 10.2 Å². The number of fused-ring (bicyclic) bond motifs is 1. The average molecular weight is 242 g/mol. The Labute approximate surface area is 102 Å². The molecular formula is C11H10N6O. The quantitative estimate of drug-likeness (QED) is 0.700. The Hall–Kier alpha value is -2.70. The number of carbonyl (C=O) groups is 1. The highest BCUT2D eigenvalue weighted by molar-refractivity contribution is 6.07. The molecule has 0 bridgehead atoms. The van der Waals surface area contributed by atoms with E-state index in [1.807, 2.05) is 6.07 Å². The number of H-pyrrole nitrogens is 1.